The standard InChI is InChI=1S/C21H16N4O2/c1-13-17(15-10-7-11-16(12-15)27-3)19(26)21-23-20(22-2)18(25(21)24-13)14-8-5-4-6-9-14/h4-12,24H,1,3H3. The number of nitrogens with one attached hydrogen (secondary N) is 1. The third kappa shape index (κ3) is 2.66. The first kappa shape index (κ1) is 16.6. The summed E-state index contributed by atoms with van der Waals surface area (Å²) in [5.74, 6) is 0.859. The first-order valence-corrected chi connectivity index (χ1v) is 8.36. The lowest BCUT2D eigenvalue weighted by Gasteiger charge is -2.09. The molecule has 6 nitrogen and oxygen atoms in total. The third-order valence-electron chi connectivity index (χ3n) is 4.46. The third-order valence-corrected chi connectivity index (χ3v) is 4.46. The van der Waals surface area contributed by atoms with Gasteiger partial charge in [0.2, 0.25) is 0 Å². The van der Waals surface area contributed by atoms with Crippen LogP contribution in [0.3, 0.4) is 0 Å². The van der Waals surface area contributed by atoms with E-state index in [1.807, 2.05) is 61.5 Å². The van der Waals surface area contributed by atoms with E-state index < -0.39 is 0 Å². The van der Waals surface area contributed by atoms with Gasteiger partial charge in [0.1, 0.15) is 11.4 Å². The predicted molar refractivity (Wildman–Crippen MR) is 104 cm³/mol. The molecule has 4 rings (SSSR count). The van der Waals surface area contributed by atoms with Crippen molar-refractivity contribution in [2.24, 2.45) is 0 Å². The molecule has 1 N–H and O–H groups in total. The van der Waals surface area contributed by atoms with Gasteiger partial charge >= 0.3 is 0 Å². The minimum atomic E-state index is -0.230. The van der Waals surface area contributed by atoms with Crippen LogP contribution in [0, 0.1) is 13.5 Å². The van der Waals surface area contributed by atoms with Gasteiger partial charge in [-0.1, -0.05) is 54.0 Å². The zero-order chi connectivity index (χ0) is 19.0. The number of fused-ring (bicyclic) bond motifs is 1. The van der Waals surface area contributed by atoms with Gasteiger partial charge in [-0.25, -0.2) is 4.52 Å². The summed E-state index contributed by atoms with van der Waals surface area (Å²) in [6, 6.07) is 16.8. The number of aromatic nitrogens is 3. The lowest BCUT2D eigenvalue weighted by Crippen LogP contribution is -2.14. The van der Waals surface area contributed by atoms with E-state index in [9.17, 15) is 4.79 Å². The number of hydrogen-bond acceptors (Lipinski definition) is 3. The molecule has 0 aliphatic rings. The molecule has 132 valence electrons. The zero-order valence-corrected chi connectivity index (χ0v) is 14.9. The van der Waals surface area contributed by atoms with Gasteiger partial charge in [0.15, 0.2) is 0 Å². The van der Waals surface area contributed by atoms with Gasteiger partial charge in [-0.15, -0.1) is 0 Å². The Bertz CT molecular complexity index is 1250. The Morgan fingerprint density at radius 3 is 2.56 bits per heavy atom. The van der Waals surface area contributed by atoms with Crippen molar-refractivity contribution in [3.63, 3.8) is 0 Å². The highest BCUT2D eigenvalue weighted by Crippen LogP contribution is 2.31. The molecule has 2 aromatic carbocycles. The molecule has 0 saturated carbocycles. The van der Waals surface area contributed by atoms with E-state index >= 15 is 0 Å². The SMILES string of the molecule is [C-]#[N+]c1nc2c(=O)c(-c3cccc(OC)c3)c(C)[nH]n2c1-c1ccccc1. The topological polar surface area (TPSA) is 63.8 Å². The van der Waals surface area contributed by atoms with Crippen LogP contribution >= 0.6 is 0 Å². The highest BCUT2D eigenvalue weighted by atomic mass is 16.5. The number of ether oxygens (including phenoxy) is 1. The summed E-state index contributed by atoms with van der Waals surface area (Å²) in [6.07, 6.45) is 0. The summed E-state index contributed by atoms with van der Waals surface area (Å²) >= 11 is 0. The Morgan fingerprint density at radius 2 is 1.85 bits per heavy atom. The number of aryl methyl sites for hydroxylation is 1. The van der Waals surface area contributed by atoms with Crippen LogP contribution in [-0.4, -0.2) is 21.7 Å². The summed E-state index contributed by atoms with van der Waals surface area (Å²) in [7, 11) is 1.59. The van der Waals surface area contributed by atoms with E-state index in [-0.39, 0.29) is 16.9 Å². The van der Waals surface area contributed by atoms with Crippen molar-refractivity contribution in [2.45, 2.75) is 6.92 Å². The molecule has 0 saturated heterocycles. The van der Waals surface area contributed by atoms with Crippen LogP contribution in [0.15, 0.2) is 59.4 Å². The Balaban J connectivity index is 2.04. The molecule has 0 unspecified atom stereocenters. The minimum absolute atomic E-state index is 0.191. The highest BCUT2D eigenvalue weighted by molar-refractivity contribution is 5.79. The predicted octanol–water partition coefficient (Wildman–Crippen LogP) is 4.22. The number of nitrogens with zero attached hydrogens (tertiary/aromatic N) is 3. The van der Waals surface area contributed by atoms with Crippen LogP contribution in [0.1, 0.15) is 5.69 Å². The van der Waals surface area contributed by atoms with Crippen molar-refractivity contribution in [1.29, 1.82) is 0 Å². The van der Waals surface area contributed by atoms with Crippen molar-refractivity contribution in [3.8, 4) is 28.1 Å². The second-order valence-corrected chi connectivity index (χ2v) is 6.09. The largest absolute Gasteiger partial charge is 0.497 e. The number of H-pyrrole nitrogens is 1. The number of rotatable bonds is 3. The second kappa shape index (κ2) is 6.46. The van der Waals surface area contributed by atoms with E-state index in [0.29, 0.717) is 22.7 Å². The van der Waals surface area contributed by atoms with Gasteiger partial charge in [-0.2, -0.15) is 0 Å². The monoisotopic (exact) mass is 356 g/mol. The fourth-order valence-electron chi connectivity index (χ4n) is 3.23. The quantitative estimate of drug-likeness (QED) is 0.559. The van der Waals surface area contributed by atoms with Crippen molar-refractivity contribution in [3.05, 3.63) is 81.9 Å². The summed E-state index contributed by atoms with van der Waals surface area (Å²) < 4.78 is 6.87. The van der Waals surface area contributed by atoms with Crippen molar-refractivity contribution in [2.75, 3.05) is 7.11 Å². The fraction of sp³-hybridized carbons (Fsp3) is 0.0952. The average molecular weight is 356 g/mol. The molecule has 0 radical (unpaired) electrons. The molecule has 6 heteroatoms. The maximum absolute atomic E-state index is 13.2. The molecule has 2 heterocycles. The molecule has 0 amide bonds. The molecule has 0 bridgehead atoms. The summed E-state index contributed by atoms with van der Waals surface area (Å²) in [5.41, 5.74) is 3.31. The van der Waals surface area contributed by atoms with E-state index in [2.05, 4.69) is 14.9 Å². The van der Waals surface area contributed by atoms with Crippen LogP contribution in [0.2, 0.25) is 0 Å². The Kier molecular flexibility index (Phi) is 3.98. The van der Waals surface area contributed by atoms with E-state index in [4.69, 9.17) is 11.3 Å². The van der Waals surface area contributed by atoms with Crippen LogP contribution in [0.4, 0.5) is 5.82 Å². The molecule has 0 aliphatic heterocycles. The number of aromatic amines is 1. The minimum Gasteiger partial charge on any atom is -0.497 e. The highest BCUT2D eigenvalue weighted by Gasteiger charge is 2.22. The average Bonchev–Trinajstić information content (AvgIpc) is 3.07. The van der Waals surface area contributed by atoms with Crippen molar-refractivity contribution >= 4 is 11.5 Å². The lowest BCUT2D eigenvalue weighted by molar-refractivity contribution is 0.415. The molecule has 2 aromatic heterocycles. The maximum Gasteiger partial charge on any atom is 0.298 e. The molecule has 0 atom stereocenters. The van der Waals surface area contributed by atoms with Crippen molar-refractivity contribution < 1.29 is 4.74 Å². The Labute approximate surface area is 155 Å². The smallest absolute Gasteiger partial charge is 0.298 e. The van der Waals surface area contributed by atoms with Crippen LogP contribution in [0.25, 0.3) is 32.9 Å². The molecular weight excluding hydrogens is 340 g/mol. The normalized spacial score (nSPS) is 10.7. The molecule has 0 fully saturated rings. The first-order valence-electron chi connectivity index (χ1n) is 8.36. The van der Waals surface area contributed by atoms with Gasteiger partial charge in [0, 0.05) is 5.69 Å². The van der Waals surface area contributed by atoms with Crippen molar-refractivity contribution in [1.82, 2.24) is 14.6 Å². The van der Waals surface area contributed by atoms with Gasteiger partial charge in [0.25, 0.3) is 16.9 Å². The first-order chi connectivity index (χ1) is 13.1. The summed E-state index contributed by atoms with van der Waals surface area (Å²) in [6.45, 7) is 9.31. The number of methoxy groups -OCH3 is 1. The van der Waals surface area contributed by atoms with Crippen LogP contribution in [-0.2, 0) is 0 Å². The van der Waals surface area contributed by atoms with Gasteiger partial charge < -0.3 is 9.58 Å². The van der Waals surface area contributed by atoms with Crippen LogP contribution in [0.5, 0.6) is 5.75 Å². The van der Waals surface area contributed by atoms with Gasteiger partial charge in [-0.3, -0.25) is 9.89 Å². The number of imidazole rings is 1. The van der Waals surface area contributed by atoms with E-state index in [1.54, 1.807) is 11.6 Å². The molecule has 0 aliphatic carbocycles. The van der Waals surface area contributed by atoms with E-state index in [0.717, 1.165) is 11.1 Å². The zero-order valence-electron chi connectivity index (χ0n) is 14.9. The summed E-state index contributed by atoms with van der Waals surface area (Å²) in [5, 5.41) is 3.23. The Hall–Kier alpha value is -3.85. The van der Waals surface area contributed by atoms with Gasteiger partial charge in [0.05, 0.1) is 12.7 Å². The molecule has 27 heavy (non-hydrogen) atoms. The van der Waals surface area contributed by atoms with Crippen LogP contribution < -0.4 is 10.2 Å². The maximum atomic E-state index is 13.2. The molecule has 0 spiro atoms. The lowest BCUT2D eigenvalue weighted by atomic mass is 10.0. The molecule has 4 aromatic rings. The fourth-order valence-corrected chi connectivity index (χ4v) is 3.23. The molecular formula is C21H16N4O2. The summed E-state index contributed by atoms with van der Waals surface area (Å²) in [4.78, 5) is 21.0. The van der Waals surface area contributed by atoms with Gasteiger partial charge in [-0.05, 0) is 30.2 Å². The Morgan fingerprint density at radius 1 is 1.11 bits per heavy atom. The second-order valence-electron chi connectivity index (χ2n) is 6.09. The number of hydrogen-bond donors (Lipinski definition) is 1. The van der Waals surface area contributed by atoms with E-state index in [1.165, 1.54) is 0 Å². The number of benzene rings is 2.